The summed E-state index contributed by atoms with van der Waals surface area (Å²) in [5, 5.41) is 24.7. The van der Waals surface area contributed by atoms with Crippen LogP contribution in [0.5, 0.6) is 0 Å². The Kier molecular flexibility index (Phi) is 8.74. The Morgan fingerprint density at radius 3 is 2.75 bits per heavy atom. The lowest BCUT2D eigenvalue weighted by atomic mass is 9.88. The summed E-state index contributed by atoms with van der Waals surface area (Å²) >= 11 is 0. The summed E-state index contributed by atoms with van der Waals surface area (Å²) in [6.45, 7) is 11.9. The number of hydrogen-bond donors (Lipinski definition) is 3. The molecular weight excluding hydrogens is 396 g/mol. The van der Waals surface area contributed by atoms with Gasteiger partial charge in [-0.1, -0.05) is 53.6 Å². The fourth-order valence-corrected chi connectivity index (χ4v) is 5.15. The number of fused-ring (bicyclic) bond motifs is 1. The highest BCUT2D eigenvalue weighted by Gasteiger charge is 2.43. The average Bonchev–Trinajstić information content (AvgIpc) is 3.21. The zero-order chi connectivity index (χ0) is 23.3. The van der Waals surface area contributed by atoms with Crippen LogP contribution in [-0.2, 0) is 6.42 Å². The van der Waals surface area contributed by atoms with Crippen LogP contribution in [0.25, 0.3) is 0 Å². The molecule has 0 amide bonds. The average molecular weight is 441 g/mol. The van der Waals surface area contributed by atoms with Crippen molar-refractivity contribution in [3.8, 4) is 0 Å². The lowest BCUT2D eigenvalue weighted by molar-refractivity contribution is 0.140. The summed E-state index contributed by atoms with van der Waals surface area (Å²) in [5.41, 5.74) is 4.11. The van der Waals surface area contributed by atoms with E-state index in [-0.39, 0.29) is 17.6 Å². The maximum Gasteiger partial charge on any atom is 0.0761 e. The number of allylic oxidation sites excluding steroid dienone is 1. The van der Waals surface area contributed by atoms with E-state index in [1.54, 1.807) is 0 Å². The molecule has 178 valence electrons. The number of likely N-dealkylation sites (N-methyl/N-ethyl adjacent to an activating group) is 1. The topological polar surface area (TPSA) is 55.7 Å². The van der Waals surface area contributed by atoms with Crippen LogP contribution < -0.4 is 5.32 Å². The molecule has 0 spiro atoms. The number of aliphatic hydroxyl groups is 2. The van der Waals surface area contributed by atoms with Crippen LogP contribution >= 0.6 is 0 Å². The number of nitrogens with one attached hydrogen (secondary N) is 1. The van der Waals surface area contributed by atoms with Crippen LogP contribution in [0.2, 0.25) is 0 Å². The van der Waals surface area contributed by atoms with Gasteiger partial charge in [0.15, 0.2) is 0 Å². The van der Waals surface area contributed by atoms with Crippen molar-refractivity contribution in [1.82, 2.24) is 10.2 Å². The SMILES string of the molecule is Cc1cccc(C[C@@H](O)C=C[C@@H]2[C@H]3CC(CCNCCN(C)C(C)(C)C)=C[C@H]3C[C@H]2O)c1. The third kappa shape index (κ3) is 7.02. The van der Waals surface area contributed by atoms with Gasteiger partial charge in [0.1, 0.15) is 0 Å². The van der Waals surface area contributed by atoms with Gasteiger partial charge in [-0.15, -0.1) is 0 Å². The molecule has 1 aromatic carbocycles. The first-order valence-corrected chi connectivity index (χ1v) is 12.3. The molecular formula is C28H44N2O2. The summed E-state index contributed by atoms with van der Waals surface area (Å²) in [4.78, 5) is 2.38. The molecule has 0 aromatic heterocycles. The second-order valence-electron chi connectivity index (χ2n) is 11.0. The predicted octanol–water partition coefficient (Wildman–Crippen LogP) is 4.11. The molecule has 0 radical (unpaired) electrons. The van der Waals surface area contributed by atoms with E-state index >= 15 is 0 Å². The number of aryl methyl sites for hydroxylation is 1. The van der Waals surface area contributed by atoms with Crippen LogP contribution in [0, 0.1) is 24.7 Å². The van der Waals surface area contributed by atoms with E-state index in [4.69, 9.17) is 0 Å². The van der Waals surface area contributed by atoms with Gasteiger partial charge in [0.05, 0.1) is 12.2 Å². The molecule has 0 unspecified atom stereocenters. The van der Waals surface area contributed by atoms with Crippen molar-refractivity contribution in [2.45, 2.75) is 71.1 Å². The number of aliphatic hydroxyl groups excluding tert-OH is 2. The molecule has 3 N–H and O–H groups in total. The van der Waals surface area contributed by atoms with Gasteiger partial charge in [0.2, 0.25) is 0 Å². The van der Waals surface area contributed by atoms with E-state index in [2.05, 4.69) is 75.3 Å². The van der Waals surface area contributed by atoms with Crippen molar-refractivity contribution in [3.63, 3.8) is 0 Å². The first-order chi connectivity index (χ1) is 15.1. The molecule has 32 heavy (non-hydrogen) atoms. The number of rotatable bonds is 10. The minimum atomic E-state index is -0.507. The molecule has 5 atom stereocenters. The van der Waals surface area contributed by atoms with Crippen molar-refractivity contribution >= 4 is 0 Å². The van der Waals surface area contributed by atoms with E-state index in [9.17, 15) is 10.2 Å². The van der Waals surface area contributed by atoms with Gasteiger partial charge < -0.3 is 20.4 Å². The molecule has 1 saturated carbocycles. The van der Waals surface area contributed by atoms with Gasteiger partial charge in [-0.2, -0.15) is 0 Å². The number of nitrogens with zero attached hydrogens (tertiary/aromatic N) is 1. The molecule has 0 saturated heterocycles. The highest BCUT2D eigenvalue weighted by molar-refractivity contribution is 5.24. The summed E-state index contributed by atoms with van der Waals surface area (Å²) in [7, 11) is 2.18. The monoisotopic (exact) mass is 440 g/mol. The highest BCUT2D eigenvalue weighted by atomic mass is 16.3. The van der Waals surface area contributed by atoms with Crippen LogP contribution in [-0.4, -0.2) is 59.5 Å². The molecule has 4 heteroatoms. The first-order valence-electron chi connectivity index (χ1n) is 12.3. The Labute approximate surface area is 195 Å². The number of benzene rings is 1. The molecule has 0 aliphatic heterocycles. The maximum absolute atomic E-state index is 10.6. The molecule has 3 rings (SSSR count). The van der Waals surface area contributed by atoms with E-state index in [0.29, 0.717) is 18.3 Å². The van der Waals surface area contributed by atoms with Crippen molar-refractivity contribution in [3.05, 3.63) is 59.2 Å². The Hall–Kier alpha value is -1.46. The molecule has 2 aliphatic rings. The van der Waals surface area contributed by atoms with Crippen LogP contribution in [0.4, 0.5) is 0 Å². The van der Waals surface area contributed by atoms with Gasteiger partial charge in [0.25, 0.3) is 0 Å². The summed E-state index contributed by atoms with van der Waals surface area (Å²) in [6, 6.07) is 8.30. The number of hydrogen-bond acceptors (Lipinski definition) is 4. The summed E-state index contributed by atoms with van der Waals surface area (Å²) < 4.78 is 0. The fourth-order valence-electron chi connectivity index (χ4n) is 5.15. The van der Waals surface area contributed by atoms with Gasteiger partial charge >= 0.3 is 0 Å². The fraction of sp³-hybridized carbons (Fsp3) is 0.643. The van der Waals surface area contributed by atoms with Crippen LogP contribution in [0.3, 0.4) is 0 Å². The van der Waals surface area contributed by atoms with E-state index < -0.39 is 6.10 Å². The molecule has 1 fully saturated rings. The lowest BCUT2D eigenvalue weighted by Gasteiger charge is -2.31. The molecule has 0 bridgehead atoms. The van der Waals surface area contributed by atoms with Crippen LogP contribution in [0.15, 0.2) is 48.1 Å². The minimum Gasteiger partial charge on any atom is -0.392 e. The first kappa shape index (κ1) is 25.2. The van der Waals surface area contributed by atoms with Crippen molar-refractivity contribution < 1.29 is 10.2 Å². The minimum absolute atomic E-state index is 0.148. The zero-order valence-corrected chi connectivity index (χ0v) is 20.7. The quantitative estimate of drug-likeness (QED) is 0.379. The Bertz CT molecular complexity index is 795. The third-order valence-electron chi connectivity index (χ3n) is 7.42. The standard InChI is InChI=1S/C28H44N2O2/c1-20-7-6-8-21(15-20)17-24(31)9-10-25-26-18-22(16-23(26)19-27(25)32)11-12-29-13-14-30(5)28(2,3)4/h6-10,15-16,23-27,29,31-32H,11-14,17-19H2,1-5H3/t23-,24-,25+,26-,27+/m0/s1. The van der Waals surface area contributed by atoms with Gasteiger partial charge in [-0.25, -0.2) is 0 Å². The lowest BCUT2D eigenvalue weighted by Crippen LogP contribution is -2.42. The largest absolute Gasteiger partial charge is 0.392 e. The Balaban J connectivity index is 1.43. The Morgan fingerprint density at radius 2 is 2.03 bits per heavy atom. The zero-order valence-electron chi connectivity index (χ0n) is 20.7. The van der Waals surface area contributed by atoms with Gasteiger partial charge in [-0.3, -0.25) is 0 Å². The van der Waals surface area contributed by atoms with E-state index in [1.807, 2.05) is 12.1 Å². The van der Waals surface area contributed by atoms with E-state index in [0.717, 1.165) is 44.5 Å². The summed E-state index contributed by atoms with van der Waals surface area (Å²) in [6.07, 6.45) is 9.26. The van der Waals surface area contributed by atoms with Crippen molar-refractivity contribution in [1.29, 1.82) is 0 Å². The second kappa shape index (κ2) is 11.1. The van der Waals surface area contributed by atoms with E-state index in [1.165, 1.54) is 11.1 Å². The smallest absolute Gasteiger partial charge is 0.0761 e. The van der Waals surface area contributed by atoms with Crippen molar-refractivity contribution in [2.75, 3.05) is 26.7 Å². The molecule has 2 aliphatic carbocycles. The summed E-state index contributed by atoms with van der Waals surface area (Å²) in [5.74, 6) is 1.11. The molecule has 0 heterocycles. The highest BCUT2D eigenvalue weighted by Crippen LogP contribution is 2.47. The van der Waals surface area contributed by atoms with Crippen molar-refractivity contribution in [2.24, 2.45) is 17.8 Å². The maximum atomic E-state index is 10.6. The Morgan fingerprint density at radius 1 is 1.25 bits per heavy atom. The van der Waals surface area contributed by atoms with Crippen LogP contribution in [0.1, 0.15) is 51.2 Å². The third-order valence-corrected chi connectivity index (χ3v) is 7.42. The molecule has 1 aromatic rings. The predicted molar refractivity (Wildman–Crippen MR) is 134 cm³/mol. The van der Waals surface area contributed by atoms with Gasteiger partial charge in [0, 0.05) is 31.0 Å². The van der Waals surface area contributed by atoms with Gasteiger partial charge in [-0.05, 0) is 77.9 Å². The molecule has 4 nitrogen and oxygen atoms in total. The normalized spacial score (nSPS) is 26.7. The second-order valence-corrected chi connectivity index (χ2v) is 11.0.